The maximum absolute atomic E-state index is 10.7. The predicted molar refractivity (Wildman–Crippen MR) is 45.0 cm³/mol. The first-order valence-corrected chi connectivity index (χ1v) is 3.80. The van der Waals surface area contributed by atoms with Crippen molar-refractivity contribution >= 4 is 23.2 Å². The van der Waals surface area contributed by atoms with Crippen LogP contribution in [0.1, 0.15) is 10.4 Å². The van der Waals surface area contributed by atoms with Crippen molar-refractivity contribution in [2.75, 3.05) is 0 Å². The molecule has 13 heavy (non-hydrogen) atoms. The Labute approximate surface area is 77.6 Å². The molecule has 0 fully saturated rings. The van der Waals surface area contributed by atoms with E-state index < -0.39 is 5.97 Å². The van der Waals surface area contributed by atoms with Gasteiger partial charge in [-0.2, -0.15) is 4.98 Å². The van der Waals surface area contributed by atoms with Gasteiger partial charge < -0.3 is 5.11 Å². The molecule has 0 atom stereocenters. The Morgan fingerprint density at radius 3 is 3.08 bits per heavy atom. The highest BCUT2D eigenvalue weighted by atomic mass is 35.5. The summed E-state index contributed by atoms with van der Waals surface area (Å²) in [6, 6.07) is 3.02. The molecule has 0 unspecified atom stereocenters. The van der Waals surface area contributed by atoms with Crippen molar-refractivity contribution in [2.45, 2.75) is 0 Å². The molecule has 0 amide bonds. The van der Waals surface area contributed by atoms with Crippen LogP contribution in [0.25, 0.3) is 5.65 Å². The number of carbonyl (C=O) groups is 1. The minimum absolute atomic E-state index is 0.0358. The first-order chi connectivity index (χ1) is 6.18. The topological polar surface area (TPSA) is 67.5 Å². The first kappa shape index (κ1) is 8.00. The molecule has 0 spiro atoms. The van der Waals surface area contributed by atoms with Crippen LogP contribution in [0.3, 0.4) is 0 Å². The van der Waals surface area contributed by atoms with Crippen molar-refractivity contribution in [2.24, 2.45) is 0 Å². The molecule has 0 aliphatic heterocycles. The van der Waals surface area contributed by atoms with E-state index in [0.717, 1.165) is 0 Å². The molecule has 1 N–H and O–H groups in total. The highest BCUT2D eigenvalue weighted by Crippen LogP contribution is 2.10. The number of hydrogen-bond acceptors (Lipinski definition) is 3. The Balaban J connectivity index is 2.82. The number of fused-ring (bicyclic) bond motifs is 1. The number of rotatable bonds is 1. The SMILES string of the molecule is O=C(O)c1cccn2nc(Cl)nc12. The van der Waals surface area contributed by atoms with E-state index in [2.05, 4.69) is 10.1 Å². The smallest absolute Gasteiger partial charge is 0.339 e. The zero-order chi connectivity index (χ0) is 9.42. The van der Waals surface area contributed by atoms with Gasteiger partial charge in [-0.3, -0.25) is 0 Å². The third-order valence-corrected chi connectivity index (χ3v) is 1.73. The van der Waals surface area contributed by atoms with E-state index in [9.17, 15) is 4.79 Å². The van der Waals surface area contributed by atoms with E-state index in [1.807, 2.05) is 0 Å². The fourth-order valence-corrected chi connectivity index (χ4v) is 1.21. The number of hydrogen-bond donors (Lipinski definition) is 1. The molecule has 0 aliphatic carbocycles. The van der Waals surface area contributed by atoms with Gasteiger partial charge in [-0.05, 0) is 23.7 Å². The fraction of sp³-hybridized carbons (Fsp3) is 0. The van der Waals surface area contributed by atoms with Crippen molar-refractivity contribution in [1.82, 2.24) is 14.6 Å². The maximum atomic E-state index is 10.7. The van der Waals surface area contributed by atoms with Gasteiger partial charge in [-0.15, -0.1) is 5.10 Å². The van der Waals surface area contributed by atoms with Crippen molar-refractivity contribution in [3.63, 3.8) is 0 Å². The van der Waals surface area contributed by atoms with Gasteiger partial charge in [0.25, 0.3) is 0 Å². The fourth-order valence-electron chi connectivity index (χ4n) is 1.05. The molecule has 66 valence electrons. The second-order valence-electron chi connectivity index (χ2n) is 2.38. The minimum atomic E-state index is -1.05. The normalized spacial score (nSPS) is 10.5. The molecule has 0 saturated carbocycles. The third-order valence-electron chi connectivity index (χ3n) is 1.57. The quantitative estimate of drug-likeness (QED) is 0.743. The summed E-state index contributed by atoms with van der Waals surface area (Å²) in [5.74, 6) is -1.05. The van der Waals surface area contributed by atoms with Crippen LogP contribution in [0.4, 0.5) is 0 Å². The molecule has 2 heterocycles. The van der Waals surface area contributed by atoms with E-state index in [-0.39, 0.29) is 16.5 Å². The molecule has 0 bridgehead atoms. The molecule has 0 saturated heterocycles. The summed E-state index contributed by atoms with van der Waals surface area (Å²) in [7, 11) is 0. The van der Waals surface area contributed by atoms with Crippen molar-refractivity contribution in [3.05, 3.63) is 29.2 Å². The number of aromatic carboxylic acids is 1. The van der Waals surface area contributed by atoms with Gasteiger partial charge in [0.05, 0.1) is 0 Å². The lowest BCUT2D eigenvalue weighted by molar-refractivity contribution is 0.0698. The highest BCUT2D eigenvalue weighted by molar-refractivity contribution is 6.28. The van der Waals surface area contributed by atoms with Crippen LogP contribution >= 0.6 is 11.6 Å². The van der Waals surface area contributed by atoms with Crippen LogP contribution in [0.5, 0.6) is 0 Å². The Kier molecular flexibility index (Phi) is 1.66. The van der Waals surface area contributed by atoms with Gasteiger partial charge in [0.15, 0.2) is 5.65 Å². The van der Waals surface area contributed by atoms with Crippen LogP contribution in [-0.4, -0.2) is 25.7 Å². The average molecular weight is 198 g/mol. The van der Waals surface area contributed by atoms with Crippen LogP contribution < -0.4 is 0 Å². The summed E-state index contributed by atoms with van der Waals surface area (Å²) in [5.41, 5.74) is 0.335. The molecule has 0 aromatic carbocycles. The lowest BCUT2D eigenvalue weighted by atomic mass is 10.3. The number of aromatic nitrogens is 3. The summed E-state index contributed by atoms with van der Waals surface area (Å²) >= 11 is 5.52. The zero-order valence-electron chi connectivity index (χ0n) is 6.31. The Morgan fingerprint density at radius 2 is 2.38 bits per heavy atom. The zero-order valence-corrected chi connectivity index (χ0v) is 7.06. The van der Waals surface area contributed by atoms with Gasteiger partial charge in [0.2, 0.25) is 5.28 Å². The van der Waals surface area contributed by atoms with Gasteiger partial charge >= 0.3 is 5.97 Å². The number of carboxylic acids is 1. The third kappa shape index (κ3) is 1.23. The number of halogens is 1. The minimum Gasteiger partial charge on any atom is -0.478 e. The molecular weight excluding hydrogens is 194 g/mol. The molecule has 2 aromatic heterocycles. The number of nitrogens with zero attached hydrogens (tertiary/aromatic N) is 3. The summed E-state index contributed by atoms with van der Waals surface area (Å²) in [6.45, 7) is 0. The molecule has 6 heteroatoms. The Bertz CT molecular complexity index is 480. The standard InChI is InChI=1S/C7H4ClN3O2/c8-7-9-5-4(6(12)13)2-1-3-11(5)10-7/h1-3H,(H,12,13). The molecular formula is C7H4ClN3O2. The second kappa shape index (κ2) is 2.70. The van der Waals surface area contributed by atoms with Gasteiger partial charge in [0, 0.05) is 6.20 Å². The maximum Gasteiger partial charge on any atom is 0.339 e. The van der Waals surface area contributed by atoms with Gasteiger partial charge in [0.1, 0.15) is 5.56 Å². The van der Waals surface area contributed by atoms with Crippen LogP contribution in [0, 0.1) is 0 Å². The summed E-state index contributed by atoms with van der Waals surface area (Å²) in [5, 5.41) is 12.6. The molecule has 2 aromatic rings. The molecule has 5 nitrogen and oxygen atoms in total. The van der Waals surface area contributed by atoms with Crippen LogP contribution in [-0.2, 0) is 0 Å². The van der Waals surface area contributed by atoms with Crippen molar-refractivity contribution in [3.8, 4) is 0 Å². The highest BCUT2D eigenvalue weighted by Gasteiger charge is 2.11. The second-order valence-corrected chi connectivity index (χ2v) is 2.71. The van der Waals surface area contributed by atoms with Crippen LogP contribution in [0.2, 0.25) is 5.28 Å². The predicted octanol–water partition coefficient (Wildman–Crippen LogP) is 1.08. The molecule has 0 aliphatic rings. The summed E-state index contributed by atoms with van der Waals surface area (Å²) in [6.07, 6.45) is 1.58. The molecule has 2 rings (SSSR count). The Hall–Kier alpha value is -1.62. The average Bonchev–Trinajstić information content (AvgIpc) is 2.43. The number of pyridine rings is 1. The van der Waals surface area contributed by atoms with Gasteiger partial charge in [-0.1, -0.05) is 0 Å². The monoisotopic (exact) mass is 197 g/mol. The van der Waals surface area contributed by atoms with Crippen molar-refractivity contribution in [1.29, 1.82) is 0 Å². The molecule has 0 radical (unpaired) electrons. The van der Waals surface area contributed by atoms with E-state index in [1.165, 1.54) is 10.6 Å². The summed E-state index contributed by atoms with van der Waals surface area (Å²) < 4.78 is 1.33. The van der Waals surface area contributed by atoms with Gasteiger partial charge in [-0.25, -0.2) is 9.31 Å². The number of carboxylic acid groups (broad SMARTS) is 1. The van der Waals surface area contributed by atoms with E-state index in [1.54, 1.807) is 12.3 Å². The summed E-state index contributed by atoms with van der Waals surface area (Å²) in [4.78, 5) is 14.5. The first-order valence-electron chi connectivity index (χ1n) is 3.42. The largest absolute Gasteiger partial charge is 0.478 e. The van der Waals surface area contributed by atoms with E-state index in [4.69, 9.17) is 16.7 Å². The Morgan fingerprint density at radius 1 is 1.62 bits per heavy atom. The lowest BCUT2D eigenvalue weighted by Crippen LogP contribution is -2.00. The van der Waals surface area contributed by atoms with E-state index >= 15 is 0 Å². The van der Waals surface area contributed by atoms with E-state index in [0.29, 0.717) is 0 Å². The van der Waals surface area contributed by atoms with Crippen molar-refractivity contribution < 1.29 is 9.90 Å². The lowest BCUT2D eigenvalue weighted by Gasteiger charge is -1.94. The van der Waals surface area contributed by atoms with Crippen LogP contribution in [0.15, 0.2) is 18.3 Å².